The Bertz CT molecular complexity index is 963. The number of hydrogen-bond acceptors (Lipinski definition) is 4. The van der Waals surface area contributed by atoms with Crippen molar-refractivity contribution in [2.24, 2.45) is 0 Å². The number of carbonyl (C=O) groups is 1. The molecular formula is C20H23N5O. The summed E-state index contributed by atoms with van der Waals surface area (Å²) in [5.41, 5.74) is 5.01. The van der Waals surface area contributed by atoms with Gasteiger partial charge in [0.25, 0.3) is 0 Å². The zero-order chi connectivity index (χ0) is 18.3. The molecule has 0 bridgehead atoms. The summed E-state index contributed by atoms with van der Waals surface area (Å²) in [7, 11) is 0. The molecule has 2 aromatic heterocycles. The molecule has 1 atom stereocenters. The zero-order valence-electron chi connectivity index (χ0n) is 15.4. The molecule has 1 fully saturated rings. The number of rotatable bonds is 3. The van der Waals surface area contributed by atoms with Crippen molar-refractivity contribution in [3.05, 3.63) is 47.7 Å². The SMILES string of the molecule is CC(=O)N[C@@H]1CCN(c2cc(-c3ccccc3)nc3c(C)c(C)nn23)C1. The Kier molecular flexibility index (Phi) is 4.11. The van der Waals surface area contributed by atoms with Gasteiger partial charge in [-0.05, 0) is 20.3 Å². The topological polar surface area (TPSA) is 62.5 Å². The van der Waals surface area contributed by atoms with Gasteiger partial charge in [0, 0.05) is 43.2 Å². The van der Waals surface area contributed by atoms with Crippen molar-refractivity contribution in [2.45, 2.75) is 33.2 Å². The van der Waals surface area contributed by atoms with E-state index in [-0.39, 0.29) is 11.9 Å². The van der Waals surface area contributed by atoms with E-state index in [1.807, 2.05) is 29.6 Å². The molecule has 0 aliphatic carbocycles. The Labute approximate surface area is 152 Å². The molecule has 3 heterocycles. The molecule has 0 radical (unpaired) electrons. The number of aromatic nitrogens is 3. The van der Waals surface area contributed by atoms with Gasteiger partial charge in [-0.1, -0.05) is 30.3 Å². The van der Waals surface area contributed by atoms with Gasteiger partial charge in [0.2, 0.25) is 5.91 Å². The minimum atomic E-state index is 0.0208. The van der Waals surface area contributed by atoms with Crippen LogP contribution in [0.15, 0.2) is 36.4 Å². The molecule has 3 aromatic rings. The van der Waals surface area contributed by atoms with Gasteiger partial charge in [0.1, 0.15) is 5.82 Å². The van der Waals surface area contributed by atoms with Gasteiger partial charge in [-0.3, -0.25) is 4.79 Å². The summed E-state index contributed by atoms with van der Waals surface area (Å²) in [5.74, 6) is 1.05. The highest BCUT2D eigenvalue weighted by atomic mass is 16.1. The molecule has 6 heteroatoms. The van der Waals surface area contributed by atoms with Crippen molar-refractivity contribution in [1.29, 1.82) is 0 Å². The van der Waals surface area contributed by atoms with Gasteiger partial charge in [-0.2, -0.15) is 9.61 Å². The third-order valence-electron chi connectivity index (χ3n) is 5.03. The summed E-state index contributed by atoms with van der Waals surface area (Å²) in [5, 5.41) is 7.73. The maximum Gasteiger partial charge on any atom is 0.217 e. The van der Waals surface area contributed by atoms with E-state index in [1.165, 1.54) is 0 Å². The summed E-state index contributed by atoms with van der Waals surface area (Å²) >= 11 is 0. The number of nitrogens with zero attached hydrogens (tertiary/aromatic N) is 4. The lowest BCUT2D eigenvalue weighted by Crippen LogP contribution is -2.36. The van der Waals surface area contributed by atoms with Crippen LogP contribution < -0.4 is 10.2 Å². The van der Waals surface area contributed by atoms with E-state index in [0.29, 0.717) is 0 Å². The Hall–Kier alpha value is -2.89. The second-order valence-corrected chi connectivity index (χ2v) is 6.94. The molecular weight excluding hydrogens is 326 g/mol. The number of hydrogen-bond donors (Lipinski definition) is 1. The second-order valence-electron chi connectivity index (χ2n) is 6.94. The normalized spacial score (nSPS) is 17.0. The van der Waals surface area contributed by atoms with Crippen LogP contribution in [-0.4, -0.2) is 39.6 Å². The molecule has 1 aliphatic rings. The molecule has 0 unspecified atom stereocenters. The molecule has 1 amide bonds. The molecule has 1 aromatic carbocycles. The number of anilines is 1. The second kappa shape index (κ2) is 6.44. The van der Waals surface area contributed by atoms with Gasteiger partial charge in [-0.25, -0.2) is 4.98 Å². The van der Waals surface area contributed by atoms with Crippen LogP contribution in [0.25, 0.3) is 16.9 Å². The highest BCUT2D eigenvalue weighted by Crippen LogP contribution is 2.28. The van der Waals surface area contributed by atoms with Gasteiger partial charge in [0.05, 0.1) is 11.4 Å². The molecule has 26 heavy (non-hydrogen) atoms. The largest absolute Gasteiger partial charge is 0.354 e. The molecule has 1 aliphatic heterocycles. The number of carbonyl (C=O) groups excluding carboxylic acids is 1. The third kappa shape index (κ3) is 2.92. The van der Waals surface area contributed by atoms with Crippen LogP contribution in [0.2, 0.25) is 0 Å². The van der Waals surface area contributed by atoms with Crippen LogP contribution in [0.1, 0.15) is 24.6 Å². The van der Waals surface area contributed by atoms with Crippen molar-refractivity contribution in [3.8, 4) is 11.3 Å². The molecule has 1 N–H and O–H groups in total. The van der Waals surface area contributed by atoms with Crippen LogP contribution in [0, 0.1) is 13.8 Å². The number of fused-ring (bicyclic) bond motifs is 1. The number of amides is 1. The van der Waals surface area contributed by atoms with E-state index in [4.69, 9.17) is 10.1 Å². The van der Waals surface area contributed by atoms with E-state index in [1.54, 1.807) is 6.92 Å². The lowest BCUT2D eigenvalue weighted by Gasteiger charge is -2.20. The van der Waals surface area contributed by atoms with Crippen molar-refractivity contribution in [1.82, 2.24) is 19.9 Å². The Morgan fingerprint density at radius 3 is 2.73 bits per heavy atom. The minimum absolute atomic E-state index is 0.0208. The van der Waals surface area contributed by atoms with Gasteiger partial charge in [-0.15, -0.1) is 0 Å². The standard InChI is InChI=1S/C20H23N5O/c1-13-14(2)23-25-19(24-10-9-17(12-24)21-15(3)26)11-18(22-20(13)25)16-7-5-4-6-8-16/h4-8,11,17H,9-10,12H2,1-3H3,(H,21,26)/t17-/m1/s1. The summed E-state index contributed by atoms with van der Waals surface area (Å²) < 4.78 is 1.94. The van der Waals surface area contributed by atoms with Crippen molar-refractivity contribution in [3.63, 3.8) is 0 Å². The molecule has 134 valence electrons. The smallest absolute Gasteiger partial charge is 0.217 e. The maximum atomic E-state index is 11.4. The average Bonchev–Trinajstić information content (AvgIpc) is 3.20. The fourth-order valence-electron chi connectivity index (χ4n) is 3.57. The van der Waals surface area contributed by atoms with Crippen LogP contribution in [-0.2, 0) is 4.79 Å². The summed E-state index contributed by atoms with van der Waals surface area (Å²) in [6, 6.07) is 12.5. The van der Waals surface area contributed by atoms with Crippen LogP contribution in [0.4, 0.5) is 5.82 Å². The first kappa shape index (κ1) is 16.6. The first-order valence-corrected chi connectivity index (χ1v) is 8.97. The highest BCUT2D eigenvalue weighted by Gasteiger charge is 2.26. The fourth-order valence-corrected chi connectivity index (χ4v) is 3.57. The Morgan fingerprint density at radius 2 is 2.00 bits per heavy atom. The number of aryl methyl sites for hydroxylation is 2. The first-order chi connectivity index (χ1) is 12.5. The Balaban J connectivity index is 1.80. The van der Waals surface area contributed by atoms with E-state index in [9.17, 15) is 4.79 Å². The van der Waals surface area contributed by atoms with E-state index in [0.717, 1.165) is 53.5 Å². The van der Waals surface area contributed by atoms with Crippen LogP contribution in [0.5, 0.6) is 0 Å². The summed E-state index contributed by atoms with van der Waals surface area (Å²) in [6.45, 7) is 7.32. The van der Waals surface area contributed by atoms with Gasteiger partial charge in [0.15, 0.2) is 5.65 Å². The molecule has 0 saturated carbocycles. The zero-order valence-corrected chi connectivity index (χ0v) is 15.4. The third-order valence-corrected chi connectivity index (χ3v) is 5.03. The molecule has 0 spiro atoms. The lowest BCUT2D eigenvalue weighted by molar-refractivity contribution is -0.119. The maximum absolute atomic E-state index is 11.4. The van der Waals surface area contributed by atoms with Crippen molar-refractivity contribution >= 4 is 17.4 Å². The van der Waals surface area contributed by atoms with Crippen molar-refractivity contribution in [2.75, 3.05) is 18.0 Å². The summed E-state index contributed by atoms with van der Waals surface area (Å²) in [4.78, 5) is 18.5. The fraction of sp³-hybridized carbons (Fsp3) is 0.350. The molecule has 1 saturated heterocycles. The summed E-state index contributed by atoms with van der Waals surface area (Å²) in [6.07, 6.45) is 0.934. The predicted molar refractivity (Wildman–Crippen MR) is 102 cm³/mol. The van der Waals surface area contributed by atoms with Crippen LogP contribution >= 0.6 is 0 Å². The first-order valence-electron chi connectivity index (χ1n) is 8.97. The average molecular weight is 349 g/mol. The van der Waals surface area contributed by atoms with E-state index in [2.05, 4.69) is 35.3 Å². The molecule has 6 nitrogen and oxygen atoms in total. The van der Waals surface area contributed by atoms with Gasteiger partial charge < -0.3 is 10.2 Å². The van der Waals surface area contributed by atoms with Crippen molar-refractivity contribution < 1.29 is 4.79 Å². The highest BCUT2D eigenvalue weighted by molar-refractivity contribution is 5.73. The van der Waals surface area contributed by atoms with Crippen LogP contribution in [0.3, 0.4) is 0 Å². The number of benzene rings is 1. The molecule has 4 rings (SSSR count). The lowest BCUT2D eigenvalue weighted by atomic mass is 10.1. The minimum Gasteiger partial charge on any atom is -0.354 e. The predicted octanol–water partition coefficient (Wildman–Crippen LogP) is 2.73. The number of nitrogens with one attached hydrogen (secondary N) is 1. The monoisotopic (exact) mass is 349 g/mol. The Morgan fingerprint density at radius 1 is 1.23 bits per heavy atom. The van der Waals surface area contributed by atoms with E-state index < -0.39 is 0 Å². The van der Waals surface area contributed by atoms with Gasteiger partial charge >= 0.3 is 0 Å². The van der Waals surface area contributed by atoms with E-state index >= 15 is 0 Å². The quantitative estimate of drug-likeness (QED) is 0.790.